The van der Waals surface area contributed by atoms with Gasteiger partial charge < -0.3 is 15.0 Å². The van der Waals surface area contributed by atoms with Gasteiger partial charge in [-0.3, -0.25) is 0 Å². The second-order valence-corrected chi connectivity index (χ2v) is 28.5. The Kier molecular flexibility index (Phi) is 30.4. The molecular formula is C70H95BBrCl3NO2PPd. The predicted octanol–water partition coefficient (Wildman–Crippen LogP) is 21.1. The Hall–Kier alpha value is -2.29. The van der Waals surface area contributed by atoms with Gasteiger partial charge in [-0.05, 0) is 219 Å². The number of rotatable bonds is 10. The van der Waals surface area contributed by atoms with Crippen molar-refractivity contribution in [1.82, 2.24) is 0 Å². The fourth-order valence-corrected chi connectivity index (χ4v) is 15.3. The molecule has 0 aromatic heterocycles. The molecule has 10 heteroatoms. The van der Waals surface area contributed by atoms with Crippen LogP contribution in [0.3, 0.4) is 0 Å². The van der Waals surface area contributed by atoms with E-state index in [0.29, 0.717) is 24.3 Å². The van der Waals surface area contributed by atoms with Crippen LogP contribution in [0, 0.1) is 40.7 Å². The quantitative estimate of drug-likeness (QED) is 0.0845. The molecule has 0 bridgehead atoms. The molecule has 3 fully saturated rings. The van der Waals surface area contributed by atoms with E-state index in [9.17, 15) is 0 Å². The molecule has 0 atom stereocenters. The van der Waals surface area contributed by atoms with Gasteiger partial charge in [0, 0.05) is 9.50 Å². The maximum atomic E-state index is 6.06. The van der Waals surface area contributed by atoms with E-state index in [0.717, 1.165) is 43.3 Å². The second kappa shape index (κ2) is 34.6. The van der Waals surface area contributed by atoms with E-state index in [1.807, 2.05) is 75.4 Å². The van der Waals surface area contributed by atoms with Crippen molar-refractivity contribution in [2.75, 3.05) is 6.54 Å². The third kappa shape index (κ3) is 21.0. The van der Waals surface area contributed by atoms with Crippen LogP contribution in [0.25, 0.3) is 11.1 Å². The third-order valence-electron chi connectivity index (χ3n) is 16.1. The fourth-order valence-electron chi connectivity index (χ4n) is 10.6. The molecule has 0 unspecified atom stereocenters. The van der Waals surface area contributed by atoms with Crippen molar-refractivity contribution in [1.29, 1.82) is 0 Å². The van der Waals surface area contributed by atoms with Gasteiger partial charge in [-0.25, -0.2) is 0 Å². The summed E-state index contributed by atoms with van der Waals surface area (Å²) in [6.07, 6.45) is 15.5. The van der Waals surface area contributed by atoms with E-state index in [1.54, 1.807) is 27.6 Å². The summed E-state index contributed by atoms with van der Waals surface area (Å²) in [5.41, 5.74) is 22.8. The Balaban J connectivity index is 0.000000246. The van der Waals surface area contributed by atoms with Crippen LogP contribution in [0.2, 0.25) is 10.0 Å². The molecule has 2 aliphatic carbocycles. The van der Waals surface area contributed by atoms with E-state index < -0.39 is 0 Å². The molecule has 2 saturated carbocycles. The van der Waals surface area contributed by atoms with Crippen LogP contribution in [-0.2, 0) is 33.9 Å². The first-order chi connectivity index (χ1) is 37.9. The molecule has 0 spiro atoms. The number of nitrogens with two attached hydrogens (primary N) is 1. The van der Waals surface area contributed by atoms with E-state index in [4.69, 9.17) is 38.2 Å². The van der Waals surface area contributed by atoms with E-state index in [2.05, 4.69) is 193 Å². The number of hydrogen-bond acceptors (Lipinski definition) is 3. The molecule has 6 aromatic carbocycles. The molecule has 80 heavy (non-hydrogen) atoms. The van der Waals surface area contributed by atoms with Gasteiger partial charge in [0.25, 0.3) is 0 Å². The minimum absolute atomic E-state index is 0.120. The summed E-state index contributed by atoms with van der Waals surface area (Å²) >= 11 is 17.1. The second-order valence-electron chi connectivity index (χ2n) is 24.1. The van der Waals surface area contributed by atoms with Gasteiger partial charge in [-0.1, -0.05) is 195 Å². The van der Waals surface area contributed by atoms with Gasteiger partial charge in [0.05, 0.1) is 16.2 Å². The van der Waals surface area contributed by atoms with E-state index in [-0.39, 0.29) is 26.2 Å². The molecule has 3 aliphatic rings. The zero-order chi connectivity index (χ0) is 59.3. The molecule has 9 rings (SSSR count). The summed E-state index contributed by atoms with van der Waals surface area (Å²) in [7, 11) is 4.12. The summed E-state index contributed by atoms with van der Waals surface area (Å²) in [5.74, 6) is 1.64. The SMILES string of the molecule is CC(C)c1cc(C(C)C)c(-c2ccccc2P(C2CCCCC2)C2CCCCC2)c(C(C)C)c1.Cc1ccc(Br)c(Cl)c1.Cc1ccc(C)c(B2OC(C)(C)C(C)(C)O2)c1.Cc1ccc(C)c(Cl)c1.NCCc1[c-]cccc1.[Cl][Pd+]. The third-order valence-corrected chi connectivity index (χ3v) is 21.2. The first-order valence-electron chi connectivity index (χ1n) is 29.3. The molecule has 438 valence electrons. The molecule has 6 aromatic rings. The van der Waals surface area contributed by atoms with E-state index in [1.165, 1.54) is 97.6 Å². The first-order valence-corrected chi connectivity index (χ1v) is 34.4. The average molecular weight is 1320 g/mol. The van der Waals surface area contributed by atoms with Crippen LogP contribution < -0.4 is 16.5 Å². The molecule has 0 radical (unpaired) electrons. The fraction of sp³-hybridized carbons (Fsp3) is 0.486. The molecule has 0 amide bonds. The number of benzene rings is 6. The Labute approximate surface area is 521 Å². The van der Waals surface area contributed by atoms with Gasteiger partial charge in [-0.2, -0.15) is 35.9 Å². The van der Waals surface area contributed by atoms with Crippen molar-refractivity contribution in [3.63, 3.8) is 0 Å². The molecule has 2 N–H and O–H groups in total. The van der Waals surface area contributed by atoms with Crippen LogP contribution in [0.15, 0.2) is 120 Å². The van der Waals surface area contributed by atoms with Gasteiger partial charge in [0.15, 0.2) is 0 Å². The monoisotopic (exact) mass is 1310 g/mol. The van der Waals surface area contributed by atoms with Gasteiger partial charge in [0.2, 0.25) is 0 Å². The van der Waals surface area contributed by atoms with Gasteiger partial charge >= 0.3 is 34.8 Å². The summed E-state index contributed by atoms with van der Waals surface area (Å²) in [6.45, 7) is 33.6. The summed E-state index contributed by atoms with van der Waals surface area (Å²) in [5, 5.41) is 3.38. The number of aryl methyl sites for hydroxylation is 5. The number of hydrogen-bond donors (Lipinski definition) is 1. The molecular weight excluding hydrogens is 1220 g/mol. The molecule has 1 aliphatic heterocycles. The maximum absolute atomic E-state index is 6.06. The minimum atomic E-state index is -0.270. The summed E-state index contributed by atoms with van der Waals surface area (Å²) in [6, 6.07) is 44.1. The van der Waals surface area contributed by atoms with Crippen LogP contribution in [-0.4, -0.2) is 36.2 Å². The molecule has 1 saturated heterocycles. The zero-order valence-corrected chi connectivity index (χ0v) is 57.4. The van der Waals surface area contributed by atoms with Crippen LogP contribution in [0.5, 0.6) is 0 Å². The van der Waals surface area contributed by atoms with Crippen LogP contribution >= 0.6 is 56.6 Å². The molecule has 1 heterocycles. The van der Waals surface area contributed by atoms with Crippen molar-refractivity contribution in [2.24, 2.45) is 5.73 Å². The van der Waals surface area contributed by atoms with Crippen molar-refractivity contribution in [3.8, 4) is 11.1 Å². The topological polar surface area (TPSA) is 44.5 Å². The molecule has 3 nitrogen and oxygen atoms in total. The van der Waals surface area contributed by atoms with E-state index >= 15 is 0 Å². The van der Waals surface area contributed by atoms with Crippen molar-refractivity contribution >= 4 is 74.5 Å². The van der Waals surface area contributed by atoms with Crippen molar-refractivity contribution in [3.05, 3.63) is 186 Å². The average Bonchev–Trinajstić information content (AvgIpc) is 3.86. The zero-order valence-electron chi connectivity index (χ0n) is 51.1. The summed E-state index contributed by atoms with van der Waals surface area (Å²) < 4.78 is 13.1. The van der Waals surface area contributed by atoms with Gasteiger partial charge in [0.1, 0.15) is 0 Å². The Morgan fingerprint density at radius 1 is 0.613 bits per heavy atom. The predicted molar refractivity (Wildman–Crippen MR) is 355 cm³/mol. The Bertz CT molecular complexity index is 2680. The number of halogens is 4. The van der Waals surface area contributed by atoms with Crippen molar-refractivity contribution in [2.45, 2.75) is 215 Å². The van der Waals surface area contributed by atoms with Gasteiger partial charge in [-0.15, -0.1) is 0 Å². The normalized spacial score (nSPS) is 15.8. The summed E-state index contributed by atoms with van der Waals surface area (Å²) in [4.78, 5) is 0. The first kappa shape index (κ1) is 70.2. The van der Waals surface area contributed by atoms with Crippen molar-refractivity contribution < 1.29 is 27.5 Å². The van der Waals surface area contributed by atoms with Crippen LogP contribution in [0.1, 0.15) is 201 Å². The standard InChI is InChI=1S/C33H49P.C14H21BO2.C8H9Cl.C8H10N.C7H6BrCl.ClH.Pd/c1-23(2)26-21-30(24(3)4)33(31(22-26)25(5)6)29-19-13-14-20-32(29)34(27-15-9-7-10-16-27)28-17-11-8-12-18-28;1-10-7-8-11(2)12(9-10)15-16-13(3,4)14(5,6)17-15;1-6-3-4-7(2)8(9)5-6;9-7-6-8-4-2-1-3-5-8;1-5-2-3-6(8)7(9)4-5;;/h13-14,19-25,27-28H,7-12,15-18H2,1-6H3;7-9H,1-6H3;3-5H,1-2H3;1-4H,6-7,9H2;2-4H,1H3;1H;/q;;;-1;;;+2/p-1. The Morgan fingerprint density at radius 2 is 1.09 bits per heavy atom. The van der Waals surface area contributed by atoms with Crippen LogP contribution in [0.4, 0.5) is 0 Å². The Morgan fingerprint density at radius 3 is 1.52 bits per heavy atom.